The van der Waals surface area contributed by atoms with Crippen LogP contribution < -0.4 is 4.90 Å². The van der Waals surface area contributed by atoms with E-state index in [9.17, 15) is 4.79 Å². The van der Waals surface area contributed by atoms with Crippen LogP contribution in [0.5, 0.6) is 0 Å². The van der Waals surface area contributed by atoms with Crippen molar-refractivity contribution in [3.63, 3.8) is 0 Å². The highest BCUT2D eigenvalue weighted by atomic mass is 16.2. The molecule has 1 amide bonds. The van der Waals surface area contributed by atoms with E-state index in [1.807, 2.05) is 70.4 Å². The number of carbonyl (C=O) groups is 1. The second-order valence-corrected chi connectivity index (χ2v) is 5.92. The van der Waals surface area contributed by atoms with Gasteiger partial charge >= 0.3 is 0 Å². The zero-order valence-electron chi connectivity index (χ0n) is 13.1. The van der Waals surface area contributed by atoms with Crippen molar-refractivity contribution in [3.8, 4) is 5.69 Å². The molecule has 0 bridgehead atoms. The maximum Gasteiger partial charge on any atom is 0.258 e. The van der Waals surface area contributed by atoms with E-state index in [1.165, 1.54) is 11.1 Å². The van der Waals surface area contributed by atoms with Crippen molar-refractivity contribution in [2.75, 3.05) is 11.4 Å². The Morgan fingerprint density at radius 2 is 1.78 bits per heavy atom. The summed E-state index contributed by atoms with van der Waals surface area (Å²) < 4.78 is 2.01. The number of benzene rings is 2. The van der Waals surface area contributed by atoms with Gasteiger partial charge in [0.05, 0.1) is 0 Å². The molecule has 0 fully saturated rings. The minimum Gasteiger partial charge on any atom is -0.324 e. The van der Waals surface area contributed by atoms with Gasteiger partial charge in [0.2, 0.25) is 0 Å². The van der Waals surface area contributed by atoms with E-state index >= 15 is 0 Å². The molecule has 0 spiro atoms. The molecule has 1 aliphatic heterocycles. The van der Waals surface area contributed by atoms with Crippen molar-refractivity contribution in [1.29, 1.82) is 0 Å². The molecular weight excluding hydrogens is 284 g/mol. The van der Waals surface area contributed by atoms with E-state index in [1.54, 1.807) is 0 Å². The number of hydrogen-bond donors (Lipinski definition) is 0. The summed E-state index contributed by atoms with van der Waals surface area (Å²) in [6.45, 7) is 2.87. The van der Waals surface area contributed by atoms with Gasteiger partial charge in [-0.15, -0.1) is 0 Å². The molecule has 3 heteroatoms. The molecule has 0 N–H and O–H groups in total. The summed E-state index contributed by atoms with van der Waals surface area (Å²) in [7, 11) is 0. The molecule has 0 aliphatic carbocycles. The third-order valence-corrected chi connectivity index (χ3v) is 4.50. The number of fused-ring (bicyclic) bond motifs is 1. The van der Waals surface area contributed by atoms with Crippen molar-refractivity contribution >= 4 is 11.6 Å². The van der Waals surface area contributed by atoms with Crippen molar-refractivity contribution in [3.05, 3.63) is 83.7 Å². The Balaban J connectivity index is 1.69. The highest BCUT2D eigenvalue weighted by Gasteiger charge is 2.26. The van der Waals surface area contributed by atoms with Crippen LogP contribution in [-0.2, 0) is 6.42 Å². The van der Waals surface area contributed by atoms with Gasteiger partial charge in [-0.05, 0) is 60.9 Å². The maximum absolute atomic E-state index is 13.0. The standard InChI is InChI=1S/C20H18N2O/c1-15-6-4-9-19-18(15)10-13-22(19)20(23)16-7-5-8-17(14-16)21-11-2-3-12-21/h2-9,11-12,14H,10,13H2,1H3. The Bertz CT molecular complexity index is 865. The zero-order chi connectivity index (χ0) is 15.8. The van der Waals surface area contributed by atoms with Crippen molar-refractivity contribution in [2.45, 2.75) is 13.3 Å². The molecule has 3 nitrogen and oxygen atoms in total. The number of aromatic nitrogens is 1. The van der Waals surface area contributed by atoms with Gasteiger partial charge in [-0.3, -0.25) is 4.79 Å². The molecule has 0 unspecified atom stereocenters. The minimum absolute atomic E-state index is 0.0726. The number of aryl methyl sites for hydroxylation is 1. The van der Waals surface area contributed by atoms with Crippen molar-refractivity contribution in [2.24, 2.45) is 0 Å². The Labute approximate surface area is 135 Å². The molecule has 1 aliphatic rings. The first-order valence-corrected chi connectivity index (χ1v) is 7.88. The molecule has 0 saturated heterocycles. The van der Waals surface area contributed by atoms with Crippen molar-refractivity contribution < 1.29 is 4.79 Å². The van der Waals surface area contributed by atoms with E-state index in [-0.39, 0.29) is 5.91 Å². The van der Waals surface area contributed by atoms with Gasteiger partial charge in [-0.25, -0.2) is 0 Å². The summed E-state index contributed by atoms with van der Waals surface area (Å²) in [5, 5.41) is 0. The molecule has 0 radical (unpaired) electrons. The monoisotopic (exact) mass is 302 g/mol. The minimum atomic E-state index is 0.0726. The second-order valence-electron chi connectivity index (χ2n) is 5.92. The highest BCUT2D eigenvalue weighted by Crippen LogP contribution is 2.31. The lowest BCUT2D eigenvalue weighted by atomic mass is 10.1. The normalized spacial score (nSPS) is 13.2. The van der Waals surface area contributed by atoms with E-state index in [4.69, 9.17) is 0 Å². The fraction of sp³-hybridized carbons (Fsp3) is 0.150. The van der Waals surface area contributed by atoms with Crippen LogP contribution >= 0.6 is 0 Å². The van der Waals surface area contributed by atoms with Gasteiger partial charge < -0.3 is 9.47 Å². The predicted molar refractivity (Wildman–Crippen MR) is 92.3 cm³/mol. The Morgan fingerprint density at radius 1 is 1.00 bits per heavy atom. The first kappa shape index (κ1) is 13.8. The van der Waals surface area contributed by atoms with Crippen LogP contribution in [0.15, 0.2) is 67.0 Å². The fourth-order valence-electron chi connectivity index (χ4n) is 3.28. The molecule has 3 aromatic rings. The number of anilines is 1. The van der Waals surface area contributed by atoms with Gasteiger partial charge in [-0.2, -0.15) is 0 Å². The summed E-state index contributed by atoms with van der Waals surface area (Å²) in [5.41, 5.74) is 5.35. The highest BCUT2D eigenvalue weighted by molar-refractivity contribution is 6.07. The van der Waals surface area contributed by atoms with Crippen LogP contribution in [0.1, 0.15) is 21.5 Å². The first-order valence-electron chi connectivity index (χ1n) is 7.88. The molecule has 114 valence electrons. The average molecular weight is 302 g/mol. The van der Waals surface area contributed by atoms with E-state index in [2.05, 4.69) is 13.0 Å². The first-order chi connectivity index (χ1) is 11.2. The number of rotatable bonds is 2. The maximum atomic E-state index is 13.0. The van der Waals surface area contributed by atoms with Gasteiger partial charge in [0, 0.05) is 35.9 Å². The predicted octanol–water partition coefficient (Wildman–Crippen LogP) is 3.99. The van der Waals surface area contributed by atoms with Gasteiger partial charge in [-0.1, -0.05) is 18.2 Å². The van der Waals surface area contributed by atoms with Gasteiger partial charge in [0.15, 0.2) is 0 Å². The van der Waals surface area contributed by atoms with Crippen LogP contribution in [0, 0.1) is 6.92 Å². The van der Waals surface area contributed by atoms with E-state index < -0.39 is 0 Å². The number of amides is 1. The smallest absolute Gasteiger partial charge is 0.258 e. The van der Waals surface area contributed by atoms with Crippen LogP contribution in [0.2, 0.25) is 0 Å². The fourth-order valence-corrected chi connectivity index (χ4v) is 3.28. The van der Waals surface area contributed by atoms with Crippen LogP contribution in [0.4, 0.5) is 5.69 Å². The summed E-state index contributed by atoms with van der Waals surface area (Å²) in [6.07, 6.45) is 4.90. The molecule has 0 saturated carbocycles. The third-order valence-electron chi connectivity index (χ3n) is 4.50. The Kier molecular flexibility index (Phi) is 3.27. The summed E-state index contributed by atoms with van der Waals surface area (Å²) in [6, 6.07) is 17.9. The van der Waals surface area contributed by atoms with E-state index in [0.29, 0.717) is 0 Å². The largest absolute Gasteiger partial charge is 0.324 e. The summed E-state index contributed by atoms with van der Waals surface area (Å²) in [5.74, 6) is 0.0726. The Morgan fingerprint density at radius 3 is 2.61 bits per heavy atom. The average Bonchev–Trinajstić information content (AvgIpc) is 3.25. The molecular formula is C20H18N2O. The molecule has 2 aromatic carbocycles. The van der Waals surface area contributed by atoms with E-state index in [0.717, 1.165) is 29.9 Å². The third kappa shape index (κ3) is 2.34. The zero-order valence-corrected chi connectivity index (χ0v) is 13.1. The molecule has 23 heavy (non-hydrogen) atoms. The lowest BCUT2D eigenvalue weighted by Gasteiger charge is -2.18. The SMILES string of the molecule is Cc1cccc2c1CCN2C(=O)c1cccc(-n2cccc2)c1. The van der Waals surface area contributed by atoms with Gasteiger partial charge in [0.1, 0.15) is 0 Å². The summed E-state index contributed by atoms with van der Waals surface area (Å²) in [4.78, 5) is 14.9. The number of carbonyl (C=O) groups excluding carboxylic acids is 1. The Hall–Kier alpha value is -2.81. The quantitative estimate of drug-likeness (QED) is 0.702. The lowest BCUT2D eigenvalue weighted by Crippen LogP contribution is -2.28. The van der Waals surface area contributed by atoms with Crippen LogP contribution in [0.3, 0.4) is 0 Å². The number of hydrogen-bond acceptors (Lipinski definition) is 1. The van der Waals surface area contributed by atoms with Crippen molar-refractivity contribution in [1.82, 2.24) is 4.57 Å². The molecule has 4 rings (SSSR count). The van der Waals surface area contributed by atoms with Gasteiger partial charge in [0.25, 0.3) is 5.91 Å². The molecule has 0 atom stereocenters. The summed E-state index contributed by atoms with van der Waals surface area (Å²) >= 11 is 0. The lowest BCUT2D eigenvalue weighted by molar-refractivity contribution is 0.0989. The molecule has 2 heterocycles. The van der Waals surface area contributed by atoms with Crippen LogP contribution in [0.25, 0.3) is 5.69 Å². The number of nitrogens with zero attached hydrogens (tertiary/aromatic N) is 2. The molecule has 1 aromatic heterocycles. The second kappa shape index (κ2) is 5.43. The van der Waals surface area contributed by atoms with Crippen LogP contribution in [-0.4, -0.2) is 17.0 Å². The topological polar surface area (TPSA) is 25.2 Å².